The summed E-state index contributed by atoms with van der Waals surface area (Å²) < 4.78 is 6.03. The van der Waals surface area contributed by atoms with Crippen molar-refractivity contribution in [1.29, 1.82) is 0 Å². The average molecular weight is 338 g/mol. The number of nitrogens with zero attached hydrogens (tertiary/aromatic N) is 2. The normalized spacial score (nSPS) is 10.6. The van der Waals surface area contributed by atoms with Crippen LogP contribution in [0.3, 0.4) is 0 Å². The van der Waals surface area contributed by atoms with Gasteiger partial charge in [-0.3, -0.25) is 4.79 Å². The maximum Gasteiger partial charge on any atom is 0.225 e. The second-order valence-electron chi connectivity index (χ2n) is 4.71. The number of aromatic nitrogens is 2. The third-order valence-electron chi connectivity index (χ3n) is 2.85. The van der Waals surface area contributed by atoms with Gasteiger partial charge in [0.05, 0.1) is 11.4 Å². The van der Waals surface area contributed by atoms with Gasteiger partial charge in [-0.1, -0.05) is 5.16 Å². The Kier molecular flexibility index (Phi) is 4.54. The lowest BCUT2D eigenvalue weighted by atomic mass is 10.2. The third-order valence-corrected chi connectivity index (χ3v) is 4.05. The number of aryl methyl sites for hydroxylation is 4. The van der Waals surface area contributed by atoms with Gasteiger partial charge in [-0.05, 0) is 48.3 Å². The van der Waals surface area contributed by atoms with E-state index in [1.807, 2.05) is 32.9 Å². The first-order chi connectivity index (χ1) is 9.45. The fourth-order valence-corrected chi connectivity index (χ4v) is 2.06. The predicted octanol–water partition coefficient (Wildman–Crippen LogP) is 3.33. The molecule has 0 atom stereocenters. The second-order valence-corrected chi connectivity index (χ2v) is 5.50. The van der Waals surface area contributed by atoms with Gasteiger partial charge in [0, 0.05) is 23.4 Å². The van der Waals surface area contributed by atoms with Crippen LogP contribution in [0.2, 0.25) is 0 Å². The Labute approximate surface area is 125 Å². The van der Waals surface area contributed by atoms with E-state index in [1.54, 1.807) is 0 Å². The summed E-state index contributed by atoms with van der Waals surface area (Å²) in [5, 5.41) is 6.58. The molecule has 0 aromatic carbocycles. The summed E-state index contributed by atoms with van der Waals surface area (Å²) >= 11 is 3.45. The maximum atomic E-state index is 11.9. The maximum absolute atomic E-state index is 11.9. The SMILES string of the molecule is Cc1cc(CCC(=O)Nc2cc(C)c(Br)c(C)n2)on1. The Balaban J connectivity index is 1.94. The molecule has 2 heterocycles. The third kappa shape index (κ3) is 3.66. The number of carbonyl (C=O) groups is 1. The molecule has 6 heteroatoms. The van der Waals surface area contributed by atoms with Crippen LogP contribution in [0.4, 0.5) is 5.82 Å². The number of nitrogens with one attached hydrogen (secondary N) is 1. The van der Waals surface area contributed by atoms with Crippen molar-refractivity contribution in [1.82, 2.24) is 10.1 Å². The topological polar surface area (TPSA) is 68.0 Å². The van der Waals surface area contributed by atoms with Crippen molar-refractivity contribution < 1.29 is 9.32 Å². The van der Waals surface area contributed by atoms with Crippen LogP contribution in [0, 0.1) is 20.8 Å². The number of hydrogen-bond donors (Lipinski definition) is 1. The van der Waals surface area contributed by atoms with Crippen LogP contribution in [0.5, 0.6) is 0 Å². The summed E-state index contributed by atoms with van der Waals surface area (Å²) in [5.41, 5.74) is 2.71. The summed E-state index contributed by atoms with van der Waals surface area (Å²) in [6.45, 7) is 5.71. The predicted molar refractivity (Wildman–Crippen MR) is 79.6 cm³/mol. The summed E-state index contributed by atoms with van der Waals surface area (Å²) in [6, 6.07) is 3.67. The van der Waals surface area contributed by atoms with Crippen molar-refractivity contribution in [2.24, 2.45) is 0 Å². The summed E-state index contributed by atoms with van der Waals surface area (Å²) in [6.07, 6.45) is 0.867. The number of carbonyl (C=O) groups excluding carboxylic acids is 1. The number of hydrogen-bond acceptors (Lipinski definition) is 4. The van der Waals surface area contributed by atoms with Crippen molar-refractivity contribution in [2.45, 2.75) is 33.6 Å². The highest BCUT2D eigenvalue weighted by Gasteiger charge is 2.09. The molecule has 2 aromatic heterocycles. The molecule has 0 spiro atoms. The largest absolute Gasteiger partial charge is 0.361 e. The van der Waals surface area contributed by atoms with Gasteiger partial charge < -0.3 is 9.84 Å². The molecule has 0 saturated carbocycles. The van der Waals surface area contributed by atoms with Crippen LogP contribution in [-0.2, 0) is 11.2 Å². The molecule has 1 amide bonds. The van der Waals surface area contributed by atoms with Gasteiger partial charge in [-0.15, -0.1) is 0 Å². The molecule has 106 valence electrons. The molecule has 0 saturated heterocycles. The van der Waals surface area contributed by atoms with E-state index in [-0.39, 0.29) is 5.91 Å². The Bertz CT molecular complexity index is 614. The summed E-state index contributed by atoms with van der Waals surface area (Å²) in [5.74, 6) is 1.20. The minimum absolute atomic E-state index is 0.0901. The first kappa shape index (κ1) is 14.7. The fourth-order valence-electron chi connectivity index (χ4n) is 1.86. The van der Waals surface area contributed by atoms with Gasteiger partial charge in [0.1, 0.15) is 11.6 Å². The van der Waals surface area contributed by atoms with E-state index in [1.165, 1.54) is 0 Å². The molecule has 0 radical (unpaired) electrons. The highest BCUT2D eigenvalue weighted by Crippen LogP contribution is 2.22. The van der Waals surface area contributed by atoms with E-state index < -0.39 is 0 Å². The van der Waals surface area contributed by atoms with Gasteiger partial charge in [0.15, 0.2) is 0 Å². The van der Waals surface area contributed by atoms with Crippen LogP contribution in [0.1, 0.15) is 29.1 Å². The molecule has 0 aliphatic carbocycles. The minimum atomic E-state index is -0.0901. The zero-order chi connectivity index (χ0) is 14.7. The summed E-state index contributed by atoms with van der Waals surface area (Å²) in [7, 11) is 0. The Morgan fingerprint density at radius 2 is 2.10 bits per heavy atom. The van der Waals surface area contributed by atoms with E-state index in [2.05, 4.69) is 31.4 Å². The molecular formula is C14H16BrN3O2. The molecule has 1 N–H and O–H groups in total. The molecule has 5 nitrogen and oxygen atoms in total. The molecule has 0 aliphatic rings. The van der Waals surface area contributed by atoms with Crippen molar-refractivity contribution in [3.05, 3.63) is 39.3 Å². The number of rotatable bonds is 4. The minimum Gasteiger partial charge on any atom is -0.361 e. The smallest absolute Gasteiger partial charge is 0.225 e. The molecule has 0 aliphatic heterocycles. The van der Waals surface area contributed by atoms with Gasteiger partial charge in [0.25, 0.3) is 0 Å². The van der Waals surface area contributed by atoms with E-state index in [9.17, 15) is 4.79 Å². The Hall–Kier alpha value is -1.69. The monoisotopic (exact) mass is 337 g/mol. The van der Waals surface area contributed by atoms with Gasteiger partial charge in [-0.2, -0.15) is 0 Å². The quantitative estimate of drug-likeness (QED) is 0.928. The zero-order valence-corrected chi connectivity index (χ0v) is 13.2. The molecule has 0 bridgehead atoms. The van der Waals surface area contributed by atoms with E-state index >= 15 is 0 Å². The molecule has 20 heavy (non-hydrogen) atoms. The summed E-state index contributed by atoms with van der Waals surface area (Å²) in [4.78, 5) is 16.2. The van der Waals surface area contributed by atoms with E-state index in [0.717, 1.165) is 21.4 Å². The molecular weight excluding hydrogens is 322 g/mol. The van der Waals surface area contributed by atoms with Crippen molar-refractivity contribution in [2.75, 3.05) is 5.32 Å². The number of halogens is 1. The van der Waals surface area contributed by atoms with Crippen LogP contribution in [0.15, 0.2) is 21.1 Å². The first-order valence-corrected chi connectivity index (χ1v) is 7.11. The van der Waals surface area contributed by atoms with Crippen LogP contribution < -0.4 is 5.32 Å². The van der Waals surface area contributed by atoms with Gasteiger partial charge in [0.2, 0.25) is 5.91 Å². The van der Waals surface area contributed by atoms with Crippen molar-refractivity contribution >= 4 is 27.7 Å². The molecule has 2 aromatic rings. The highest BCUT2D eigenvalue weighted by atomic mass is 79.9. The van der Waals surface area contributed by atoms with Crippen LogP contribution in [0.25, 0.3) is 0 Å². The number of amides is 1. The molecule has 0 fully saturated rings. The lowest BCUT2D eigenvalue weighted by Crippen LogP contribution is -2.14. The number of pyridine rings is 1. The van der Waals surface area contributed by atoms with Crippen LogP contribution in [-0.4, -0.2) is 16.0 Å². The standard InChI is InChI=1S/C14H16BrN3O2/c1-8-6-12(16-10(3)14(8)15)17-13(19)5-4-11-7-9(2)18-20-11/h6-7H,4-5H2,1-3H3,(H,16,17,19). The molecule has 0 unspecified atom stereocenters. The van der Waals surface area contributed by atoms with Crippen LogP contribution >= 0.6 is 15.9 Å². The fraction of sp³-hybridized carbons (Fsp3) is 0.357. The lowest BCUT2D eigenvalue weighted by Gasteiger charge is -2.08. The van der Waals surface area contributed by atoms with Gasteiger partial charge in [-0.25, -0.2) is 4.98 Å². The Morgan fingerprint density at radius 1 is 1.35 bits per heavy atom. The average Bonchev–Trinajstić information content (AvgIpc) is 2.79. The van der Waals surface area contributed by atoms with Crippen molar-refractivity contribution in [3.8, 4) is 0 Å². The number of anilines is 1. The highest BCUT2D eigenvalue weighted by molar-refractivity contribution is 9.10. The van der Waals surface area contributed by atoms with E-state index in [0.29, 0.717) is 24.4 Å². The second kappa shape index (κ2) is 6.17. The Morgan fingerprint density at radius 3 is 2.70 bits per heavy atom. The zero-order valence-electron chi connectivity index (χ0n) is 11.7. The first-order valence-electron chi connectivity index (χ1n) is 6.31. The van der Waals surface area contributed by atoms with Gasteiger partial charge >= 0.3 is 0 Å². The van der Waals surface area contributed by atoms with E-state index in [4.69, 9.17) is 4.52 Å². The molecule has 2 rings (SSSR count). The van der Waals surface area contributed by atoms with Crippen molar-refractivity contribution in [3.63, 3.8) is 0 Å². The lowest BCUT2D eigenvalue weighted by molar-refractivity contribution is -0.116.